The van der Waals surface area contributed by atoms with Gasteiger partial charge in [0, 0.05) is 18.3 Å². The number of carbonyl (C=O) groups is 3. The fraction of sp³-hybridized carbons (Fsp3) is 0.314. The Hall–Kier alpha value is -4.70. The lowest BCUT2D eigenvalue weighted by molar-refractivity contribution is -0.122. The molecule has 0 spiro atoms. The van der Waals surface area contributed by atoms with Crippen LogP contribution >= 0.6 is 11.5 Å². The third-order valence-electron chi connectivity index (χ3n) is 8.34. The maximum Gasteiger partial charge on any atom is 0.273 e. The molecule has 45 heavy (non-hydrogen) atoms. The molecule has 1 aromatic heterocycles. The molecule has 1 aliphatic carbocycles. The Morgan fingerprint density at radius 3 is 2.38 bits per heavy atom. The number of rotatable bonds is 10. The van der Waals surface area contributed by atoms with E-state index in [0.29, 0.717) is 24.2 Å². The summed E-state index contributed by atoms with van der Waals surface area (Å²) in [7, 11) is 0. The molecular formula is C35H39N5O4S. The number of phenolic OH excluding ortho intramolecular Hbond substituents is 1. The third kappa shape index (κ3) is 7.51. The minimum Gasteiger partial charge on any atom is -0.508 e. The van der Waals surface area contributed by atoms with E-state index >= 15 is 0 Å². The van der Waals surface area contributed by atoms with E-state index in [1.165, 1.54) is 17.0 Å². The molecule has 0 saturated heterocycles. The van der Waals surface area contributed by atoms with Crippen molar-refractivity contribution < 1.29 is 19.5 Å². The molecular weight excluding hydrogens is 586 g/mol. The van der Waals surface area contributed by atoms with Crippen LogP contribution in [0.3, 0.4) is 0 Å². The van der Waals surface area contributed by atoms with Crippen LogP contribution in [0, 0.1) is 13.8 Å². The van der Waals surface area contributed by atoms with Gasteiger partial charge in [-0.1, -0.05) is 67.8 Å². The molecule has 1 saturated carbocycles. The van der Waals surface area contributed by atoms with Gasteiger partial charge in [0.15, 0.2) is 5.69 Å². The van der Waals surface area contributed by atoms with Crippen LogP contribution in [0.5, 0.6) is 5.75 Å². The number of anilines is 2. The lowest BCUT2D eigenvalue weighted by Gasteiger charge is -2.31. The minimum absolute atomic E-state index is 0.0129. The molecule has 9 nitrogen and oxygen atoms in total. The summed E-state index contributed by atoms with van der Waals surface area (Å²) < 4.78 is 4.31. The Morgan fingerprint density at radius 2 is 1.69 bits per heavy atom. The summed E-state index contributed by atoms with van der Waals surface area (Å²) >= 11 is 0.848. The van der Waals surface area contributed by atoms with Gasteiger partial charge in [-0.15, -0.1) is 0 Å². The minimum atomic E-state index is -1.11. The number of phenols is 1. The summed E-state index contributed by atoms with van der Waals surface area (Å²) in [6.45, 7) is 4.25. The molecule has 1 atom stereocenters. The molecule has 10 heteroatoms. The quantitative estimate of drug-likeness (QED) is 0.174. The molecule has 3 amide bonds. The summed E-state index contributed by atoms with van der Waals surface area (Å²) in [4.78, 5) is 43.2. The maximum atomic E-state index is 14.5. The van der Waals surface area contributed by atoms with Gasteiger partial charge in [0.05, 0.1) is 5.69 Å². The molecule has 1 unspecified atom stereocenters. The topological polar surface area (TPSA) is 138 Å². The average molecular weight is 626 g/mol. The number of nitrogens with two attached hydrogens (primary N) is 1. The van der Waals surface area contributed by atoms with Crippen LogP contribution in [0.25, 0.3) is 0 Å². The van der Waals surface area contributed by atoms with Crippen molar-refractivity contribution in [3.05, 3.63) is 106 Å². The van der Waals surface area contributed by atoms with Gasteiger partial charge in [0.2, 0.25) is 5.91 Å². The molecule has 5 N–H and O–H groups in total. The normalized spacial score (nSPS) is 14.0. The molecule has 1 aliphatic rings. The van der Waals surface area contributed by atoms with Crippen LogP contribution < -0.4 is 21.3 Å². The van der Waals surface area contributed by atoms with E-state index in [-0.39, 0.29) is 28.0 Å². The number of aromatic hydroxyl groups is 1. The standard InChI is InChI=1S/C35H39N5O4S/c1-22-13-16-27(21-23(22)2)40(35(44)32-29(36)30(39-45-32)33(42)38-26-11-7-4-8-12-26)31(25-14-17-28(41)18-15-25)34(43)37-20-19-24-9-5-3-6-10-24/h3,5-6,9-10,13-18,21,26,31,41H,4,7-8,11-12,19-20,36H2,1-2H3,(H,37,43)(H,38,42). The van der Waals surface area contributed by atoms with Crippen LogP contribution in [0.15, 0.2) is 72.8 Å². The summed E-state index contributed by atoms with van der Waals surface area (Å²) in [5, 5.41) is 16.1. The number of aromatic nitrogens is 1. The Balaban J connectivity index is 1.51. The second-order valence-electron chi connectivity index (χ2n) is 11.5. The molecule has 3 aromatic carbocycles. The van der Waals surface area contributed by atoms with Crippen molar-refractivity contribution in [3.8, 4) is 5.75 Å². The zero-order valence-electron chi connectivity index (χ0n) is 25.6. The van der Waals surface area contributed by atoms with Crippen molar-refractivity contribution in [2.24, 2.45) is 0 Å². The number of nitrogen functional groups attached to an aromatic ring is 1. The van der Waals surface area contributed by atoms with E-state index in [1.54, 1.807) is 18.2 Å². The summed E-state index contributed by atoms with van der Waals surface area (Å²) in [5.41, 5.74) is 10.5. The number of carbonyl (C=O) groups excluding carboxylic acids is 3. The van der Waals surface area contributed by atoms with Crippen LogP contribution in [0.1, 0.15) is 80.6 Å². The maximum absolute atomic E-state index is 14.5. The highest BCUT2D eigenvalue weighted by molar-refractivity contribution is 7.09. The SMILES string of the molecule is Cc1ccc(N(C(=O)c2snc(C(=O)NC3CCCCC3)c2N)C(C(=O)NCCc2ccccc2)c2ccc(O)cc2)cc1C. The highest BCUT2D eigenvalue weighted by atomic mass is 32.1. The highest BCUT2D eigenvalue weighted by Gasteiger charge is 2.36. The first-order valence-electron chi connectivity index (χ1n) is 15.3. The van der Waals surface area contributed by atoms with Gasteiger partial charge in [-0.2, -0.15) is 4.37 Å². The van der Waals surface area contributed by atoms with Gasteiger partial charge in [-0.3, -0.25) is 19.3 Å². The number of benzene rings is 3. The van der Waals surface area contributed by atoms with Crippen LogP contribution in [0.4, 0.5) is 11.4 Å². The van der Waals surface area contributed by atoms with E-state index in [0.717, 1.165) is 60.3 Å². The van der Waals surface area contributed by atoms with Gasteiger partial charge in [0.25, 0.3) is 11.8 Å². The van der Waals surface area contributed by atoms with Crippen molar-refractivity contribution in [2.45, 2.75) is 64.5 Å². The van der Waals surface area contributed by atoms with Crippen molar-refractivity contribution in [2.75, 3.05) is 17.2 Å². The second-order valence-corrected chi connectivity index (χ2v) is 12.3. The number of nitrogens with zero attached hydrogens (tertiary/aromatic N) is 2. The van der Waals surface area contributed by atoms with Crippen molar-refractivity contribution in [1.29, 1.82) is 0 Å². The van der Waals surface area contributed by atoms with Crippen LogP contribution in [-0.4, -0.2) is 39.8 Å². The Labute approximate surface area is 267 Å². The fourth-order valence-corrected chi connectivity index (χ4v) is 6.37. The molecule has 1 fully saturated rings. The first kappa shape index (κ1) is 31.7. The number of nitrogens with one attached hydrogen (secondary N) is 2. The molecule has 0 bridgehead atoms. The zero-order valence-corrected chi connectivity index (χ0v) is 26.4. The number of hydrogen-bond acceptors (Lipinski definition) is 7. The lowest BCUT2D eigenvalue weighted by atomic mass is 9.95. The number of amides is 3. The molecule has 4 aromatic rings. The zero-order chi connectivity index (χ0) is 31.9. The average Bonchev–Trinajstić information content (AvgIpc) is 3.43. The Bertz CT molecular complexity index is 1650. The number of aryl methyl sites for hydroxylation is 2. The second kappa shape index (κ2) is 14.4. The third-order valence-corrected chi connectivity index (χ3v) is 9.19. The van der Waals surface area contributed by atoms with E-state index in [1.807, 2.05) is 56.3 Å². The smallest absolute Gasteiger partial charge is 0.273 e. The van der Waals surface area contributed by atoms with Gasteiger partial charge in [0.1, 0.15) is 16.7 Å². The van der Waals surface area contributed by atoms with Crippen LogP contribution in [-0.2, 0) is 11.2 Å². The molecule has 1 heterocycles. The van der Waals surface area contributed by atoms with Crippen molar-refractivity contribution in [3.63, 3.8) is 0 Å². The monoisotopic (exact) mass is 625 g/mol. The van der Waals surface area contributed by atoms with Crippen molar-refractivity contribution in [1.82, 2.24) is 15.0 Å². The van der Waals surface area contributed by atoms with Gasteiger partial charge in [-0.05, 0) is 91.2 Å². The molecule has 5 rings (SSSR count). The Kier molecular flexibility index (Phi) is 10.1. The first-order chi connectivity index (χ1) is 21.7. The van der Waals surface area contributed by atoms with Crippen molar-refractivity contribution >= 4 is 40.6 Å². The fourth-order valence-electron chi connectivity index (χ4n) is 5.63. The van der Waals surface area contributed by atoms with E-state index < -0.39 is 23.8 Å². The van der Waals surface area contributed by atoms with E-state index in [4.69, 9.17) is 5.73 Å². The highest BCUT2D eigenvalue weighted by Crippen LogP contribution is 2.34. The molecule has 234 valence electrons. The summed E-state index contributed by atoms with van der Waals surface area (Å²) in [6.07, 6.45) is 5.66. The predicted octanol–water partition coefficient (Wildman–Crippen LogP) is 5.86. The molecule has 0 aliphatic heterocycles. The largest absolute Gasteiger partial charge is 0.508 e. The summed E-state index contributed by atoms with van der Waals surface area (Å²) in [6, 6.07) is 20.5. The number of hydrogen-bond donors (Lipinski definition) is 4. The summed E-state index contributed by atoms with van der Waals surface area (Å²) in [5.74, 6) is -1.32. The first-order valence-corrected chi connectivity index (χ1v) is 16.1. The Morgan fingerprint density at radius 1 is 0.978 bits per heavy atom. The van der Waals surface area contributed by atoms with Gasteiger partial charge in [-0.25, -0.2) is 0 Å². The molecule has 0 radical (unpaired) electrons. The predicted molar refractivity (Wildman–Crippen MR) is 178 cm³/mol. The van der Waals surface area contributed by atoms with Gasteiger partial charge < -0.3 is 21.5 Å². The lowest BCUT2D eigenvalue weighted by Crippen LogP contribution is -2.44. The van der Waals surface area contributed by atoms with E-state index in [2.05, 4.69) is 15.0 Å². The van der Waals surface area contributed by atoms with E-state index in [9.17, 15) is 19.5 Å². The van der Waals surface area contributed by atoms with Gasteiger partial charge >= 0.3 is 0 Å². The van der Waals surface area contributed by atoms with Crippen LogP contribution in [0.2, 0.25) is 0 Å².